The van der Waals surface area contributed by atoms with E-state index < -0.39 is 0 Å². The fourth-order valence-electron chi connectivity index (χ4n) is 2.55. The molecule has 2 aromatic rings. The predicted molar refractivity (Wildman–Crippen MR) is 81.2 cm³/mol. The summed E-state index contributed by atoms with van der Waals surface area (Å²) in [7, 11) is 0. The summed E-state index contributed by atoms with van der Waals surface area (Å²) in [6, 6.07) is 10.5. The van der Waals surface area contributed by atoms with Crippen LogP contribution in [-0.2, 0) is 12.8 Å². The molecule has 0 atom stereocenters. The lowest BCUT2D eigenvalue weighted by atomic mass is 10.0. The molecule has 2 rings (SSSR count). The van der Waals surface area contributed by atoms with Gasteiger partial charge in [0.25, 0.3) is 0 Å². The Morgan fingerprint density at radius 3 is 2.47 bits per heavy atom. The van der Waals surface area contributed by atoms with Crippen LogP contribution in [0.1, 0.15) is 50.8 Å². The van der Waals surface area contributed by atoms with Gasteiger partial charge in [0.1, 0.15) is 0 Å². The maximum atomic E-state index is 4.53. The molecule has 1 N–H and O–H groups in total. The molecule has 2 nitrogen and oxygen atoms in total. The van der Waals surface area contributed by atoms with Crippen LogP contribution >= 0.6 is 0 Å². The molecule has 19 heavy (non-hydrogen) atoms. The van der Waals surface area contributed by atoms with E-state index in [9.17, 15) is 0 Å². The van der Waals surface area contributed by atoms with Crippen LogP contribution in [0.3, 0.4) is 0 Å². The van der Waals surface area contributed by atoms with E-state index in [4.69, 9.17) is 0 Å². The topological polar surface area (TPSA) is 28.7 Å². The predicted octanol–water partition coefficient (Wildman–Crippen LogP) is 4.76. The molecule has 0 spiro atoms. The van der Waals surface area contributed by atoms with Gasteiger partial charge < -0.3 is 0 Å². The summed E-state index contributed by atoms with van der Waals surface area (Å²) in [5, 5.41) is 7.78. The number of aryl methyl sites for hydroxylation is 1. The monoisotopic (exact) mass is 256 g/mol. The van der Waals surface area contributed by atoms with E-state index in [1.807, 2.05) is 6.07 Å². The van der Waals surface area contributed by atoms with Crippen LogP contribution in [0.25, 0.3) is 11.3 Å². The quantitative estimate of drug-likeness (QED) is 0.711. The van der Waals surface area contributed by atoms with Crippen LogP contribution < -0.4 is 0 Å². The first kappa shape index (κ1) is 13.9. The van der Waals surface area contributed by atoms with Gasteiger partial charge in [-0.15, -0.1) is 0 Å². The summed E-state index contributed by atoms with van der Waals surface area (Å²) < 4.78 is 0. The third kappa shape index (κ3) is 3.46. The molecule has 0 unspecified atom stereocenters. The first-order valence-electron chi connectivity index (χ1n) is 7.48. The zero-order valence-corrected chi connectivity index (χ0v) is 12.1. The number of H-pyrrole nitrogens is 1. The Labute approximate surface area is 116 Å². The average molecular weight is 256 g/mol. The van der Waals surface area contributed by atoms with E-state index in [1.165, 1.54) is 42.5 Å². The summed E-state index contributed by atoms with van der Waals surface area (Å²) in [5.41, 5.74) is 5.07. The van der Waals surface area contributed by atoms with Crippen LogP contribution in [-0.4, -0.2) is 10.2 Å². The number of hydrogen-bond donors (Lipinski definition) is 1. The highest BCUT2D eigenvalue weighted by atomic mass is 15.1. The Kier molecular flexibility index (Phi) is 5.20. The SMILES string of the molecule is CCCCCCc1[nH]nc(-c2ccccc2)c1CC. The summed E-state index contributed by atoms with van der Waals surface area (Å²) >= 11 is 0. The number of unbranched alkanes of at least 4 members (excludes halogenated alkanes) is 3. The van der Waals surface area contributed by atoms with Crippen molar-refractivity contribution in [3.63, 3.8) is 0 Å². The van der Waals surface area contributed by atoms with Gasteiger partial charge in [-0.05, 0) is 19.3 Å². The van der Waals surface area contributed by atoms with Crippen molar-refractivity contribution in [3.05, 3.63) is 41.6 Å². The molecule has 0 aliphatic rings. The Morgan fingerprint density at radius 1 is 1.00 bits per heavy atom. The average Bonchev–Trinajstić information content (AvgIpc) is 2.87. The molecule has 102 valence electrons. The van der Waals surface area contributed by atoms with Crippen LogP contribution in [0.4, 0.5) is 0 Å². The summed E-state index contributed by atoms with van der Waals surface area (Å²) in [6.45, 7) is 4.47. The van der Waals surface area contributed by atoms with Gasteiger partial charge in [0.05, 0.1) is 5.69 Å². The molecule has 1 aromatic carbocycles. The van der Waals surface area contributed by atoms with E-state index in [2.05, 4.69) is 48.3 Å². The van der Waals surface area contributed by atoms with Crippen molar-refractivity contribution in [1.29, 1.82) is 0 Å². The summed E-state index contributed by atoms with van der Waals surface area (Å²) in [4.78, 5) is 0. The number of rotatable bonds is 7. The van der Waals surface area contributed by atoms with Gasteiger partial charge in [-0.2, -0.15) is 5.10 Å². The lowest BCUT2D eigenvalue weighted by Crippen LogP contribution is -1.92. The van der Waals surface area contributed by atoms with Crippen molar-refractivity contribution in [1.82, 2.24) is 10.2 Å². The fraction of sp³-hybridized carbons (Fsp3) is 0.471. The highest BCUT2D eigenvalue weighted by Gasteiger charge is 2.12. The molecule has 1 heterocycles. The van der Waals surface area contributed by atoms with E-state index in [0.29, 0.717) is 0 Å². The minimum atomic E-state index is 1.05. The number of benzene rings is 1. The van der Waals surface area contributed by atoms with Crippen molar-refractivity contribution in [2.75, 3.05) is 0 Å². The van der Waals surface area contributed by atoms with Crippen molar-refractivity contribution >= 4 is 0 Å². The van der Waals surface area contributed by atoms with E-state index in [-0.39, 0.29) is 0 Å². The zero-order chi connectivity index (χ0) is 13.5. The van der Waals surface area contributed by atoms with Crippen LogP contribution in [0, 0.1) is 0 Å². The van der Waals surface area contributed by atoms with Gasteiger partial charge in [-0.3, -0.25) is 5.10 Å². The third-order valence-electron chi connectivity index (χ3n) is 3.63. The molecule has 1 aromatic heterocycles. The van der Waals surface area contributed by atoms with Gasteiger partial charge in [-0.25, -0.2) is 0 Å². The third-order valence-corrected chi connectivity index (χ3v) is 3.63. The molecule has 0 aliphatic carbocycles. The molecule has 0 saturated carbocycles. The van der Waals surface area contributed by atoms with E-state index in [0.717, 1.165) is 18.5 Å². The largest absolute Gasteiger partial charge is 0.282 e. The molecule has 2 heteroatoms. The molecular formula is C17H24N2. The number of nitrogens with zero attached hydrogens (tertiary/aromatic N) is 1. The number of hydrogen-bond acceptors (Lipinski definition) is 1. The first-order chi connectivity index (χ1) is 9.36. The minimum Gasteiger partial charge on any atom is -0.282 e. The highest BCUT2D eigenvalue weighted by molar-refractivity contribution is 5.63. The maximum Gasteiger partial charge on any atom is 0.0955 e. The van der Waals surface area contributed by atoms with E-state index >= 15 is 0 Å². The summed E-state index contributed by atoms with van der Waals surface area (Å²) in [6.07, 6.45) is 7.38. The van der Waals surface area contributed by atoms with Gasteiger partial charge in [0.15, 0.2) is 0 Å². The lowest BCUT2D eigenvalue weighted by Gasteiger charge is -2.03. The zero-order valence-electron chi connectivity index (χ0n) is 12.1. The molecule has 0 aliphatic heterocycles. The van der Waals surface area contributed by atoms with Crippen molar-refractivity contribution < 1.29 is 0 Å². The second kappa shape index (κ2) is 7.13. The molecule has 0 bridgehead atoms. The molecule has 0 radical (unpaired) electrons. The lowest BCUT2D eigenvalue weighted by molar-refractivity contribution is 0.657. The second-order valence-electron chi connectivity index (χ2n) is 5.06. The molecule has 0 saturated heterocycles. The Morgan fingerprint density at radius 2 is 1.79 bits per heavy atom. The van der Waals surface area contributed by atoms with E-state index in [1.54, 1.807) is 0 Å². The number of nitrogens with one attached hydrogen (secondary N) is 1. The first-order valence-corrected chi connectivity index (χ1v) is 7.48. The molecule has 0 fully saturated rings. The van der Waals surface area contributed by atoms with Crippen molar-refractivity contribution in [3.8, 4) is 11.3 Å². The number of aromatic amines is 1. The van der Waals surface area contributed by atoms with Crippen LogP contribution in [0.5, 0.6) is 0 Å². The van der Waals surface area contributed by atoms with Gasteiger partial charge >= 0.3 is 0 Å². The maximum absolute atomic E-state index is 4.53. The van der Waals surface area contributed by atoms with Gasteiger partial charge in [0, 0.05) is 16.8 Å². The van der Waals surface area contributed by atoms with Crippen molar-refractivity contribution in [2.24, 2.45) is 0 Å². The fourth-order valence-corrected chi connectivity index (χ4v) is 2.55. The molecule has 0 amide bonds. The second-order valence-corrected chi connectivity index (χ2v) is 5.06. The Hall–Kier alpha value is -1.57. The van der Waals surface area contributed by atoms with Gasteiger partial charge in [-0.1, -0.05) is 63.4 Å². The van der Waals surface area contributed by atoms with Gasteiger partial charge in [0.2, 0.25) is 0 Å². The minimum absolute atomic E-state index is 1.05. The van der Waals surface area contributed by atoms with Crippen molar-refractivity contribution in [2.45, 2.75) is 52.4 Å². The normalized spacial score (nSPS) is 10.8. The number of aromatic nitrogens is 2. The van der Waals surface area contributed by atoms with Crippen LogP contribution in [0.2, 0.25) is 0 Å². The Balaban J connectivity index is 2.12. The highest BCUT2D eigenvalue weighted by Crippen LogP contribution is 2.25. The standard InChI is InChI=1S/C17H24N2/c1-3-5-6-10-13-16-15(4-2)17(19-18-16)14-11-8-7-9-12-14/h7-9,11-12H,3-6,10,13H2,1-2H3,(H,18,19). The molecular weight excluding hydrogens is 232 g/mol. The smallest absolute Gasteiger partial charge is 0.0955 e. The van der Waals surface area contributed by atoms with Crippen LogP contribution in [0.15, 0.2) is 30.3 Å². The summed E-state index contributed by atoms with van der Waals surface area (Å²) in [5.74, 6) is 0. The Bertz CT molecular complexity index is 485.